The molecule has 1 saturated heterocycles. The predicted octanol–water partition coefficient (Wildman–Crippen LogP) is 2.36. The van der Waals surface area contributed by atoms with Crippen LogP contribution in [0.5, 0.6) is 0 Å². The summed E-state index contributed by atoms with van der Waals surface area (Å²) in [6.07, 6.45) is 10.3. The molecule has 1 fully saturated rings. The molecule has 1 heterocycles. The van der Waals surface area contributed by atoms with E-state index >= 15 is 0 Å². The molecule has 6 heteroatoms. The number of carbonyl (C=O) groups is 2. The Kier molecular flexibility index (Phi) is 10.4. The molecule has 0 aliphatic carbocycles. The molecule has 1 rings (SSSR count). The zero-order valence-electron chi connectivity index (χ0n) is 14.7. The van der Waals surface area contributed by atoms with Gasteiger partial charge >= 0.3 is 5.97 Å². The second-order valence-electron chi connectivity index (χ2n) is 6.29. The van der Waals surface area contributed by atoms with Crippen LogP contribution in [-0.2, 0) is 14.3 Å². The summed E-state index contributed by atoms with van der Waals surface area (Å²) in [5.41, 5.74) is 0. The van der Waals surface area contributed by atoms with Gasteiger partial charge in [0.05, 0.1) is 12.1 Å². The zero-order valence-corrected chi connectivity index (χ0v) is 14.7. The molecule has 0 spiro atoms. The van der Waals surface area contributed by atoms with Crippen molar-refractivity contribution in [3.05, 3.63) is 12.2 Å². The summed E-state index contributed by atoms with van der Waals surface area (Å²) in [7, 11) is 0. The van der Waals surface area contributed by atoms with Crippen LogP contribution in [0.2, 0.25) is 0 Å². The van der Waals surface area contributed by atoms with Crippen molar-refractivity contribution in [2.24, 2.45) is 0 Å². The summed E-state index contributed by atoms with van der Waals surface area (Å²) in [6.45, 7) is 2.90. The lowest BCUT2D eigenvalue weighted by Gasteiger charge is -2.22. The maximum absolute atomic E-state index is 12.0. The Morgan fingerprint density at radius 3 is 2.88 bits per heavy atom. The van der Waals surface area contributed by atoms with Crippen molar-refractivity contribution in [2.75, 3.05) is 19.8 Å². The Balaban J connectivity index is 2.28. The van der Waals surface area contributed by atoms with Crippen LogP contribution in [0.1, 0.15) is 58.3 Å². The van der Waals surface area contributed by atoms with Crippen molar-refractivity contribution < 1.29 is 24.5 Å². The number of amides is 1. The van der Waals surface area contributed by atoms with Gasteiger partial charge in [0.25, 0.3) is 0 Å². The second kappa shape index (κ2) is 12.0. The third-order valence-electron chi connectivity index (χ3n) is 4.20. The van der Waals surface area contributed by atoms with Gasteiger partial charge < -0.3 is 19.8 Å². The minimum atomic E-state index is -0.965. The molecule has 0 radical (unpaired) electrons. The minimum absolute atomic E-state index is 0.0678. The third kappa shape index (κ3) is 8.45. The number of carboxylic acid groups (broad SMARTS) is 1. The molecule has 138 valence electrons. The lowest BCUT2D eigenvalue weighted by atomic mass is 10.1. The van der Waals surface area contributed by atoms with Gasteiger partial charge in [-0.15, -0.1) is 0 Å². The van der Waals surface area contributed by atoms with E-state index in [1.54, 1.807) is 0 Å². The fourth-order valence-corrected chi connectivity index (χ4v) is 2.85. The van der Waals surface area contributed by atoms with Crippen LogP contribution in [0.4, 0.5) is 0 Å². The van der Waals surface area contributed by atoms with E-state index in [9.17, 15) is 14.7 Å². The molecule has 0 aromatic rings. The number of aliphatic hydroxyl groups excluding tert-OH is 1. The van der Waals surface area contributed by atoms with Gasteiger partial charge in [-0.05, 0) is 25.7 Å². The monoisotopic (exact) mass is 341 g/mol. The largest absolute Gasteiger partial charge is 0.480 e. The highest BCUT2D eigenvalue weighted by molar-refractivity contribution is 5.79. The van der Waals surface area contributed by atoms with Gasteiger partial charge in [0.1, 0.15) is 6.61 Å². The lowest BCUT2D eigenvalue weighted by Crippen LogP contribution is -2.33. The third-order valence-corrected chi connectivity index (χ3v) is 4.20. The van der Waals surface area contributed by atoms with Gasteiger partial charge in [-0.25, -0.2) is 4.79 Å². The van der Waals surface area contributed by atoms with Crippen LogP contribution in [-0.4, -0.2) is 58.9 Å². The highest BCUT2D eigenvalue weighted by atomic mass is 16.5. The second-order valence-corrected chi connectivity index (χ2v) is 6.29. The summed E-state index contributed by atoms with van der Waals surface area (Å²) in [5, 5.41) is 18.4. The first-order valence-electron chi connectivity index (χ1n) is 9.00. The molecular weight excluding hydrogens is 310 g/mol. The molecule has 2 atom stereocenters. The number of aliphatic carboxylic acids is 1. The molecule has 1 aliphatic rings. The minimum Gasteiger partial charge on any atom is -0.480 e. The van der Waals surface area contributed by atoms with E-state index in [1.165, 1.54) is 0 Å². The summed E-state index contributed by atoms with van der Waals surface area (Å²) < 4.78 is 4.99. The van der Waals surface area contributed by atoms with E-state index in [4.69, 9.17) is 9.84 Å². The Hall–Kier alpha value is -1.40. The molecule has 0 saturated carbocycles. The first-order valence-corrected chi connectivity index (χ1v) is 9.00. The van der Waals surface area contributed by atoms with Gasteiger partial charge in [0.15, 0.2) is 0 Å². The predicted molar refractivity (Wildman–Crippen MR) is 91.7 cm³/mol. The SMILES string of the molecule is CCCCCC(O)/C=C/[C@H]1CCC(=O)N1CCCCOCC(=O)O. The van der Waals surface area contributed by atoms with Crippen LogP contribution < -0.4 is 0 Å². The van der Waals surface area contributed by atoms with E-state index in [0.717, 1.165) is 44.9 Å². The number of hydrogen-bond acceptors (Lipinski definition) is 4. The number of hydrogen-bond donors (Lipinski definition) is 2. The quantitative estimate of drug-likeness (QED) is 0.397. The zero-order chi connectivity index (χ0) is 17.8. The number of aliphatic hydroxyl groups is 1. The molecule has 1 amide bonds. The molecule has 1 aliphatic heterocycles. The summed E-state index contributed by atoms with van der Waals surface area (Å²) in [5.74, 6) is -0.816. The van der Waals surface area contributed by atoms with Crippen molar-refractivity contribution in [2.45, 2.75) is 70.4 Å². The maximum Gasteiger partial charge on any atom is 0.329 e. The van der Waals surface area contributed by atoms with Crippen LogP contribution in [0.3, 0.4) is 0 Å². The topological polar surface area (TPSA) is 87.1 Å². The molecule has 0 aromatic carbocycles. The first-order chi connectivity index (χ1) is 11.5. The van der Waals surface area contributed by atoms with Crippen molar-refractivity contribution in [1.29, 1.82) is 0 Å². The van der Waals surface area contributed by atoms with Gasteiger partial charge in [-0.3, -0.25) is 4.79 Å². The van der Waals surface area contributed by atoms with Crippen molar-refractivity contribution in [3.63, 3.8) is 0 Å². The molecule has 2 N–H and O–H groups in total. The summed E-state index contributed by atoms with van der Waals surface area (Å²) >= 11 is 0. The first kappa shape index (κ1) is 20.6. The average Bonchev–Trinajstić information content (AvgIpc) is 2.89. The molecular formula is C18H31NO5. The van der Waals surface area contributed by atoms with Crippen molar-refractivity contribution >= 4 is 11.9 Å². The molecule has 1 unspecified atom stereocenters. The Morgan fingerprint density at radius 2 is 2.17 bits per heavy atom. The van der Waals surface area contributed by atoms with Gasteiger partial charge in [-0.2, -0.15) is 0 Å². The molecule has 0 bridgehead atoms. The highest BCUT2D eigenvalue weighted by Gasteiger charge is 2.28. The summed E-state index contributed by atoms with van der Waals surface area (Å²) in [4.78, 5) is 24.2. The van der Waals surface area contributed by atoms with E-state index in [-0.39, 0.29) is 18.6 Å². The van der Waals surface area contributed by atoms with Crippen molar-refractivity contribution in [1.82, 2.24) is 4.90 Å². The molecule has 24 heavy (non-hydrogen) atoms. The number of nitrogens with zero attached hydrogens (tertiary/aromatic N) is 1. The smallest absolute Gasteiger partial charge is 0.329 e. The number of unbranched alkanes of at least 4 members (excludes halogenated alkanes) is 3. The fraction of sp³-hybridized carbons (Fsp3) is 0.778. The number of carboxylic acids is 1. The molecule has 0 aromatic heterocycles. The van der Waals surface area contributed by atoms with Crippen LogP contribution in [0.15, 0.2) is 12.2 Å². The fourth-order valence-electron chi connectivity index (χ4n) is 2.85. The highest BCUT2D eigenvalue weighted by Crippen LogP contribution is 2.21. The number of carbonyl (C=O) groups excluding carboxylic acids is 1. The van der Waals surface area contributed by atoms with Crippen LogP contribution in [0.25, 0.3) is 0 Å². The maximum atomic E-state index is 12.0. The van der Waals surface area contributed by atoms with Gasteiger partial charge in [-0.1, -0.05) is 38.3 Å². The number of likely N-dealkylation sites (tertiary alicyclic amines) is 1. The van der Waals surface area contributed by atoms with E-state index in [0.29, 0.717) is 19.6 Å². The lowest BCUT2D eigenvalue weighted by molar-refractivity contribution is -0.142. The normalized spacial score (nSPS) is 19.3. The Bertz CT molecular complexity index is 410. The van der Waals surface area contributed by atoms with E-state index < -0.39 is 12.1 Å². The summed E-state index contributed by atoms with van der Waals surface area (Å²) in [6, 6.07) is 0.0678. The van der Waals surface area contributed by atoms with E-state index in [2.05, 4.69) is 6.92 Å². The standard InChI is InChI=1S/C18H31NO5/c1-2-3-4-7-16(20)10-8-15-9-11-17(21)19(15)12-5-6-13-24-14-18(22)23/h8,10,15-16,20H,2-7,9,11-14H2,1H3,(H,22,23)/b10-8+/t15-,16?/m0/s1. The van der Waals surface area contributed by atoms with Crippen LogP contribution >= 0.6 is 0 Å². The van der Waals surface area contributed by atoms with Crippen LogP contribution in [0, 0.1) is 0 Å². The Labute approximate surface area is 144 Å². The number of rotatable bonds is 13. The van der Waals surface area contributed by atoms with E-state index in [1.807, 2.05) is 17.1 Å². The Morgan fingerprint density at radius 1 is 1.38 bits per heavy atom. The van der Waals surface area contributed by atoms with Gasteiger partial charge in [0.2, 0.25) is 5.91 Å². The van der Waals surface area contributed by atoms with Gasteiger partial charge in [0, 0.05) is 19.6 Å². The van der Waals surface area contributed by atoms with Crippen molar-refractivity contribution in [3.8, 4) is 0 Å². The molecule has 6 nitrogen and oxygen atoms in total. The number of ether oxygens (including phenoxy) is 1. The average molecular weight is 341 g/mol.